The number of hydrogen-bond donors (Lipinski definition) is 1. The number of ether oxygens (including phenoxy) is 1. The Labute approximate surface area is 163 Å². The molecule has 0 saturated carbocycles. The van der Waals surface area contributed by atoms with Gasteiger partial charge in [-0.1, -0.05) is 42.1 Å². The topological polar surface area (TPSA) is 90.4 Å². The van der Waals surface area contributed by atoms with Gasteiger partial charge in [-0.05, 0) is 5.56 Å². The Morgan fingerprint density at radius 1 is 1.26 bits per heavy atom. The molecule has 0 unspecified atom stereocenters. The molecule has 3 aromatic rings. The van der Waals surface area contributed by atoms with Gasteiger partial charge in [0.1, 0.15) is 4.83 Å². The summed E-state index contributed by atoms with van der Waals surface area (Å²) in [4.78, 5) is 32.1. The van der Waals surface area contributed by atoms with Gasteiger partial charge in [0.15, 0.2) is 5.16 Å². The summed E-state index contributed by atoms with van der Waals surface area (Å²) in [5.74, 6) is 6.18. The molecule has 0 radical (unpaired) electrons. The van der Waals surface area contributed by atoms with Gasteiger partial charge in [0.2, 0.25) is 5.91 Å². The van der Waals surface area contributed by atoms with Crippen molar-refractivity contribution in [1.29, 1.82) is 0 Å². The van der Waals surface area contributed by atoms with E-state index in [1.165, 1.54) is 23.1 Å². The normalized spacial score (nSPS) is 14.6. The summed E-state index contributed by atoms with van der Waals surface area (Å²) in [7, 11) is 0. The highest BCUT2D eigenvalue weighted by molar-refractivity contribution is 7.99. The lowest BCUT2D eigenvalue weighted by molar-refractivity contribution is -0.132. The molecule has 0 aliphatic carbocycles. The predicted molar refractivity (Wildman–Crippen MR) is 108 cm³/mol. The molecule has 2 N–H and O–H groups in total. The number of benzene rings is 1. The van der Waals surface area contributed by atoms with E-state index in [0.717, 1.165) is 15.8 Å². The first-order chi connectivity index (χ1) is 13.1. The van der Waals surface area contributed by atoms with Crippen LogP contribution in [0.25, 0.3) is 21.3 Å². The molecule has 0 spiro atoms. The fourth-order valence-electron chi connectivity index (χ4n) is 2.95. The number of hydrogen-bond acceptors (Lipinski definition) is 7. The summed E-state index contributed by atoms with van der Waals surface area (Å²) >= 11 is 2.59. The minimum Gasteiger partial charge on any atom is -0.378 e. The maximum atomic E-state index is 12.8. The van der Waals surface area contributed by atoms with Gasteiger partial charge in [-0.15, -0.1) is 11.3 Å². The molecule has 1 aliphatic heterocycles. The Morgan fingerprint density at radius 3 is 2.74 bits per heavy atom. The number of thioether (sulfide) groups is 1. The third kappa shape index (κ3) is 3.58. The Bertz CT molecular complexity index is 1030. The number of nitrogens with zero attached hydrogens (tertiary/aromatic N) is 3. The van der Waals surface area contributed by atoms with Gasteiger partial charge in [0, 0.05) is 24.0 Å². The predicted octanol–water partition coefficient (Wildman–Crippen LogP) is 1.79. The van der Waals surface area contributed by atoms with Crippen molar-refractivity contribution in [3.8, 4) is 11.1 Å². The van der Waals surface area contributed by atoms with Crippen LogP contribution in [0.4, 0.5) is 0 Å². The Balaban J connectivity index is 1.61. The van der Waals surface area contributed by atoms with E-state index in [9.17, 15) is 9.59 Å². The minimum atomic E-state index is -0.304. The summed E-state index contributed by atoms with van der Waals surface area (Å²) in [5.41, 5.74) is 1.47. The summed E-state index contributed by atoms with van der Waals surface area (Å²) in [6.07, 6.45) is 0. The van der Waals surface area contributed by atoms with Crippen LogP contribution in [0, 0.1) is 0 Å². The molecule has 1 saturated heterocycles. The van der Waals surface area contributed by atoms with Gasteiger partial charge in [-0.2, -0.15) is 0 Å². The van der Waals surface area contributed by atoms with Gasteiger partial charge < -0.3 is 15.5 Å². The van der Waals surface area contributed by atoms with Crippen molar-refractivity contribution < 1.29 is 9.53 Å². The van der Waals surface area contributed by atoms with Crippen LogP contribution in [0.5, 0.6) is 0 Å². The molecule has 0 atom stereocenters. The number of amides is 1. The van der Waals surface area contributed by atoms with E-state index in [-0.39, 0.29) is 17.2 Å². The average molecular weight is 403 g/mol. The number of thiophene rings is 1. The molecular weight excluding hydrogens is 384 g/mol. The minimum absolute atomic E-state index is 0.00574. The monoisotopic (exact) mass is 402 g/mol. The molecule has 4 rings (SSSR count). The highest BCUT2D eigenvalue weighted by Crippen LogP contribution is 2.31. The smallest absolute Gasteiger partial charge is 0.282 e. The van der Waals surface area contributed by atoms with Crippen LogP contribution in [0.15, 0.2) is 45.7 Å². The van der Waals surface area contributed by atoms with E-state index in [2.05, 4.69) is 4.98 Å². The second kappa shape index (κ2) is 7.71. The lowest BCUT2D eigenvalue weighted by Crippen LogP contribution is -2.41. The van der Waals surface area contributed by atoms with Crippen LogP contribution in [-0.4, -0.2) is 52.5 Å². The van der Waals surface area contributed by atoms with Crippen LogP contribution in [0.3, 0.4) is 0 Å². The fourth-order valence-corrected chi connectivity index (χ4v) is 4.76. The Kier molecular flexibility index (Phi) is 5.15. The van der Waals surface area contributed by atoms with Crippen molar-refractivity contribution in [3.05, 3.63) is 46.1 Å². The van der Waals surface area contributed by atoms with Gasteiger partial charge in [-0.25, -0.2) is 9.66 Å². The van der Waals surface area contributed by atoms with Crippen LogP contribution in [-0.2, 0) is 9.53 Å². The summed E-state index contributed by atoms with van der Waals surface area (Å²) in [5, 5.41) is 2.77. The number of nitrogen functional groups attached to an aromatic ring is 1. The third-order valence-electron chi connectivity index (χ3n) is 4.38. The molecule has 140 valence electrons. The van der Waals surface area contributed by atoms with E-state index in [1.807, 2.05) is 35.7 Å². The number of carbonyl (C=O) groups is 1. The second-order valence-corrected chi connectivity index (χ2v) is 7.85. The van der Waals surface area contributed by atoms with E-state index < -0.39 is 0 Å². The highest BCUT2D eigenvalue weighted by Gasteiger charge is 2.20. The van der Waals surface area contributed by atoms with E-state index >= 15 is 0 Å². The van der Waals surface area contributed by atoms with E-state index in [0.29, 0.717) is 41.7 Å². The standard InChI is InChI=1S/C18H18N4O3S2/c19-22-17(24)15-13(12-4-2-1-3-5-12)10-26-16(15)20-18(22)27-11-14(23)21-6-8-25-9-7-21/h1-5,10H,6-9,11,19H2. The molecule has 1 amide bonds. The number of nitrogens with two attached hydrogens (primary N) is 1. The van der Waals surface area contributed by atoms with Gasteiger partial charge >= 0.3 is 0 Å². The average Bonchev–Trinajstić information content (AvgIpc) is 3.14. The van der Waals surface area contributed by atoms with E-state index in [4.69, 9.17) is 10.6 Å². The summed E-state index contributed by atoms with van der Waals surface area (Å²) in [6, 6.07) is 9.68. The third-order valence-corrected chi connectivity index (χ3v) is 6.19. The number of fused-ring (bicyclic) bond motifs is 1. The molecule has 3 heterocycles. The molecule has 9 heteroatoms. The quantitative estimate of drug-likeness (QED) is 0.407. The molecule has 1 aromatic carbocycles. The maximum Gasteiger partial charge on any atom is 0.282 e. The van der Waals surface area contributed by atoms with Gasteiger partial charge in [-0.3, -0.25) is 9.59 Å². The lowest BCUT2D eigenvalue weighted by atomic mass is 10.1. The van der Waals surface area contributed by atoms with Crippen molar-refractivity contribution in [2.24, 2.45) is 0 Å². The van der Waals surface area contributed by atoms with Crippen molar-refractivity contribution in [2.45, 2.75) is 5.16 Å². The molecular formula is C18H18N4O3S2. The maximum absolute atomic E-state index is 12.8. The van der Waals surface area contributed by atoms with Crippen molar-refractivity contribution >= 4 is 39.2 Å². The largest absolute Gasteiger partial charge is 0.378 e. The molecule has 1 fully saturated rings. The number of carbonyl (C=O) groups excluding carboxylic acids is 1. The van der Waals surface area contributed by atoms with E-state index in [1.54, 1.807) is 4.90 Å². The first kappa shape index (κ1) is 18.0. The summed E-state index contributed by atoms with van der Waals surface area (Å²) < 4.78 is 6.30. The molecule has 7 nitrogen and oxygen atoms in total. The van der Waals surface area contributed by atoms with Gasteiger partial charge in [0.05, 0.1) is 24.4 Å². The SMILES string of the molecule is Nn1c(SCC(=O)N2CCOCC2)nc2scc(-c3ccccc3)c2c1=O. The van der Waals surface area contributed by atoms with Crippen LogP contribution < -0.4 is 11.4 Å². The van der Waals surface area contributed by atoms with Crippen LogP contribution >= 0.6 is 23.1 Å². The first-order valence-corrected chi connectivity index (χ1v) is 10.3. The van der Waals surface area contributed by atoms with Crippen LogP contribution in [0.2, 0.25) is 0 Å². The number of aromatic nitrogens is 2. The number of morpholine rings is 1. The number of rotatable bonds is 4. The van der Waals surface area contributed by atoms with Crippen molar-refractivity contribution in [1.82, 2.24) is 14.6 Å². The molecule has 2 aromatic heterocycles. The first-order valence-electron chi connectivity index (χ1n) is 8.48. The van der Waals surface area contributed by atoms with Gasteiger partial charge in [0.25, 0.3) is 5.56 Å². The molecule has 1 aliphatic rings. The lowest BCUT2D eigenvalue weighted by Gasteiger charge is -2.26. The Morgan fingerprint density at radius 2 is 2.00 bits per heavy atom. The second-order valence-electron chi connectivity index (χ2n) is 6.05. The zero-order valence-electron chi connectivity index (χ0n) is 14.5. The fraction of sp³-hybridized carbons (Fsp3) is 0.278. The van der Waals surface area contributed by atoms with Crippen molar-refractivity contribution in [2.75, 3.05) is 37.9 Å². The van der Waals surface area contributed by atoms with Crippen LogP contribution in [0.1, 0.15) is 0 Å². The zero-order valence-corrected chi connectivity index (χ0v) is 16.1. The molecule has 0 bridgehead atoms. The molecule has 27 heavy (non-hydrogen) atoms. The summed E-state index contributed by atoms with van der Waals surface area (Å²) in [6.45, 7) is 2.29. The zero-order chi connectivity index (χ0) is 18.8. The highest BCUT2D eigenvalue weighted by atomic mass is 32.2. The van der Waals surface area contributed by atoms with Crippen molar-refractivity contribution in [3.63, 3.8) is 0 Å². The Hall–Kier alpha value is -2.36.